The van der Waals surface area contributed by atoms with Crippen LogP contribution in [0.15, 0.2) is 64.0 Å². The number of aromatic nitrogens is 3. The lowest BCUT2D eigenvalue weighted by Gasteiger charge is -2.37. The number of piperidine rings is 1. The molecule has 0 aliphatic carbocycles. The Morgan fingerprint density at radius 3 is 2.37 bits per heavy atom. The molecule has 222 valence electrons. The molecule has 1 fully saturated rings. The number of rotatable bonds is 12. The van der Waals surface area contributed by atoms with Crippen LogP contribution in [0.5, 0.6) is 0 Å². The molecule has 0 radical (unpaired) electrons. The summed E-state index contributed by atoms with van der Waals surface area (Å²) in [6.07, 6.45) is 9.87. The summed E-state index contributed by atoms with van der Waals surface area (Å²) in [6, 6.07) is 4.73. The summed E-state index contributed by atoms with van der Waals surface area (Å²) in [5.74, 6) is 1.29. The number of anilines is 1. The maximum absolute atomic E-state index is 15.2. The van der Waals surface area contributed by atoms with Crippen LogP contribution in [-0.4, -0.2) is 57.7 Å². The molecule has 3 heterocycles. The van der Waals surface area contributed by atoms with Gasteiger partial charge in [-0.05, 0) is 110 Å². The normalized spacial score (nSPS) is 17.4. The molecule has 0 bridgehead atoms. The molecule has 7 nitrogen and oxygen atoms in total. The van der Waals surface area contributed by atoms with Gasteiger partial charge in [-0.2, -0.15) is 0 Å². The average molecular weight is 566 g/mol. The van der Waals surface area contributed by atoms with Crippen molar-refractivity contribution in [2.45, 2.75) is 79.3 Å². The number of hydrogen-bond acceptors (Lipinski definition) is 6. The third-order valence-electron chi connectivity index (χ3n) is 7.71. The molecule has 1 aliphatic heterocycles. The van der Waals surface area contributed by atoms with E-state index in [1.165, 1.54) is 31.4 Å². The molecule has 2 aromatic rings. The van der Waals surface area contributed by atoms with E-state index in [1.807, 2.05) is 37.6 Å². The number of pyridine rings is 1. The van der Waals surface area contributed by atoms with Crippen molar-refractivity contribution in [3.63, 3.8) is 0 Å². The number of nitrogens with one attached hydrogen (secondary N) is 1. The molecule has 0 spiro atoms. The third-order valence-corrected chi connectivity index (χ3v) is 7.71. The minimum absolute atomic E-state index is 0.0300. The van der Waals surface area contributed by atoms with Crippen LogP contribution < -0.4 is 5.32 Å². The van der Waals surface area contributed by atoms with Gasteiger partial charge in [-0.3, -0.25) is 9.98 Å². The second-order valence-electron chi connectivity index (χ2n) is 11.3. The van der Waals surface area contributed by atoms with Crippen molar-refractivity contribution in [3.8, 4) is 0 Å². The fraction of sp³-hybridized carbons (Fsp3) is 0.500. The Morgan fingerprint density at radius 1 is 1.10 bits per heavy atom. The molecule has 0 saturated carbocycles. The minimum atomic E-state index is -0.724. The molecule has 2 aromatic heterocycles. The number of likely N-dealkylation sites (tertiary alicyclic amines) is 1. The fourth-order valence-electron chi connectivity index (χ4n) is 5.43. The lowest BCUT2D eigenvalue weighted by molar-refractivity contribution is 0.139. The zero-order valence-electron chi connectivity index (χ0n) is 25.5. The van der Waals surface area contributed by atoms with Crippen molar-refractivity contribution < 1.29 is 8.78 Å². The van der Waals surface area contributed by atoms with E-state index in [4.69, 9.17) is 0 Å². The van der Waals surface area contributed by atoms with Crippen molar-refractivity contribution in [2.75, 3.05) is 25.1 Å². The van der Waals surface area contributed by atoms with Gasteiger partial charge >= 0.3 is 0 Å². The smallest absolute Gasteiger partial charge is 0.167 e. The largest absolute Gasteiger partial charge is 0.351 e. The maximum atomic E-state index is 15.2. The predicted molar refractivity (Wildman–Crippen MR) is 167 cm³/mol. The molecule has 1 atom stereocenters. The number of aryl methyl sites for hydroxylation is 1. The highest BCUT2D eigenvalue weighted by Crippen LogP contribution is 2.33. The van der Waals surface area contributed by atoms with Crippen LogP contribution in [0.25, 0.3) is 6.08 Å². The number of hydrogen-bond donors (Lipinski definition) is 1. The summed E-state index contributed by atoms with van der Waals surface area (Å²) in [4.78, 5) is 19.5. The Bertz CT molecular complexity index is 1270. The predicted octanol–water partition coefficient (Wildman–Crippen LogP) is 7.67. The molecule has 9 heteroatoms. The van der Waals surface area contributed by atoms with Gasteiger partial charge in [0, 0.05) is 23.9 Å². The Kier molecular flexibility index (Phi) is 11.7. The molecule has 1 aliphatic rings. The van der Waals surface area contributed by atoms with Gasteiger partial charge in [0.05, 0.1) is 23.9 Å². The molecule has 1 N–H and O–H groups in total. The van der Waals surface area contributed by atoms with Crippen LogP contribution in [0.2, 0.25) is 0 Å². The van der Waals surface area contributed by atoms with Crippen molar-refractivity contribution in [2.24, 2.45) is 15.9 Å². The maximum Gasteiger partial charge on any atom is 0.167 e. The lowest BCUT2D eigenvalue weighted by atomic mass is 9.81. The molecule has 3 rings (SSSR count). The highest BCUT2D eigenvalue weighted by atomic mass is 19.1. The van der Waals surface area contributed by atoms with E-state index >= 15 is 4.39 Å². The van der Waals surface area contributed by atoms with Crippen molar-refractivity contribution in [1.82, 2.24) is 19.4 Å². The van der Waals surface area contributed by atoms with E-state index < -0.39 is 11.7 Å². The van der Waals surface area contributed by atoms with Crippen molar-refractivity contribution >= 4 is 24.3 Å². The van der Waals surface area contributed by atoms with Gasteiger partial charge in [0.15, 0.2) is 5.83 Å². The van der Waals surface area contributed by atoms with Gasteiger partial charge in [-0.1, -0.05) is 13.0 Å². The topological polar surface area (TPSA) is 70.7 Å². The molecule has 41 heavy (non-hydrogen) atoms. The molecule has 0 amide bonds. The summed E-state index contributed by atoms with van der Waals surface area (Å²) < 4.78 is 31.3. The Balaban J connectivity index is 1.79. The summed E-state index contributed by atoms with van der Waals surface area (Å²) in [6.45, 7) is 19.7. The first-order valence-electron chi connectivity index (χ1n) is 14.4. The Hall–Kier alpha value is -3.46. The van der Waals surface area contributed by atoms with Crippen LogP contribution in [0.3, 0.4) is 0 Å². The number of nitrogens with zero attached hydrogens (tertiary/aromatic N) is 6. The monoisotopic (exact) mass is 565 g/mol. The Labute approximate surface area is 243 Å². The van der Waals surface area contributed by atoms with E-state index in [0.29, 0.717) is 29.4 Å². The van der Waals surface area contributed by atoms with Crippen LogP contribution >= 0.6 is 0 Å². The molecule has 1 saturated heterocycles. The standard InChI is InChI=1S/C32H45F2N7/c1-21(2)40-13-11-26(12-14-40)24(6)27-9-10-31(37-17-27)38-20-39-32(30(34)19-35-8)28(15-23(5)33)16-29-18-36-25(7)41(29)22(3)4/h9-10,15-19,21-22,24,26H,8,11-14,20H2,1-7H3,(H,37,38)/b23-15+,28-16-,30-19+,39-32?. The second-order valence-corrected chi connectivity index (χ2v) is 11.3. The number of aliphatic imine (C=N–C) groups is 2. The van der Waals surface area contributed by atoms with Gasteiger partial charge in [-0.15, -0.1) is 0 Å². The van der Waals surface area contributed by atoms with Crippen LogP contribution in [-0.2, 0) is 0 Å². The van der Waals surface area contributed by atoms with Gasteiger partial charge in [0.1, 0.15) is 24.0 Å². The first-order valence-corrected chi connectivity index (χ1v) is 14.4. The molecule has 0 aromatic carbocycles. The number of halogens is 2. The van der Waals surface area contributed by atoms with E-state index in [-0.39, 0.29) is 24.0 Å². The summed E-state index contributed by atoms with van der Waals surface area (Å²) >= 11 is 0. The number of allylic oxidation sites excluding steroid dienone is 4. The van der Waals surface area contributed by atoms with Gasteiger partial charge in [0.2, 0.25) is 0 Å². The van der Waals surface area contributed by atoms with Crippen LogP contribution in [0, 0.1) is 12.8 Å². The highest BCUT2D eigenvalue weighted by Gasteiger charge is 2.26. The molecular formula is C32H45F2N7. The van der Waals surface area contributed by atoms with Gasteiger partial charge in [0.25, 0.3) is 0 Å². The van der Waals surface area contributed by atoms with Gasteiger partial charge < -0.3 is 14.8 Å². The number of imidazole rings is 1. The zero-order chi connectivity index (χ0) is 30.1. The first-order chi connectivity index (χ1) is 19.5. The quantitative estimate of drug-likeness (QED) is 0.212. The van der Waals surface area contributed by atoms with Crippen molar-refractivity contribution in [1.29, 1.82) is 0 Å². The van der Waals surface area contributed by atoms with E-state index in [1.54, 1.807) is 12.3 Å². The van der Waals surface area contributed by atoms with Gasteiger partial charge in [-0.25, -0.2) is 18.7 Å². The molecular weight excluding hydrogens is 520 g/mol. The first kappa shape index (κ1) is 32.1. The van der Waals surface area contributed by atoms with Crippen LogP contribution in [0.1, 0.15) is 83.4 Å². The SMILES string of the molecule is C=N/C=C(/F)C(=NCNc1ccc(C(C)C2CCN(C(C)C)CC2)cn1)C(=C\c1cnc(C)n1C(C)C)/C=C(\C)F. The summed E-state index contributed by atoms with van der Waals surface area (Å²) in [7, 11) is 0. The van der Waals surface area contributed by atoms with E-state index in [9.17, 15) is 4.39 Å². The minimum Gasteiger partial charge on any atom is -0.351 e. The van der Waals surface area contributed by atoms with Crippen molar-refractivity contribution in [3.05, 3.63) is 71.1 Å². The van der Waals surface area contributed by atoms with Crippen LogP contribution in [0.4, 0.5) is 14.6 Å². The average Bonchev–Trinajstić information content (AvgIpc) is 3.30. The second kappa shape index (κ2) is 15.0. The van der Waals surface area contributed by atoms with E-state index in [2.05, 4.69) is 63.7 Å². The fourth-order valence-corrected chi connectivity index (χ4v) is 5.43. The Morgan fingerprint density at radius 2 is 1.80 bits per heavy atom. The zero-order valence-corrected chi connectivity index (χ0v) is 25.5. The van der Waals surface area contributed by atoms with E-state index in [0.717, 1.165) is 25.1 Å². The highest BCUT2D eigenvalue weighted by molar-refractivity contribution is 6.15. The summed E-state index contributed by atoms with van der Waals surface area (Å²) in [5, 5.41) is 3.14. The summed E-state index contributed by atoms with van der Waals surface area (Å²) in [5.41, 5.74) is 2.13. The molecule has 1 unspecified atom stereocenters. The third kappa shape index (κ3) is 8.76. The lowest BCUT2D eigenvalue weighted by Crippen LogP contribution is -2.39.